The third-order valence-electron chi connectivity index (χ3n) is 3.48. The fourth-order valence-corrected chi connectivity index (χ4v) is 2.39. The van der Waals surface area contributed by atoms with E-state index in [9.17, 15) is 9.59 Å². The Bertz CT molecular complexity index is 268. The molecule has 4 N–H and O–H groups in total. The summed E-state index contributed by atoms with van der Waals surface area (Å²) in [5.74, 6) is 0.357. The van der Waals surface area contributed by atoms with Crippen LogP contribution in [0.15, 0.2) is 0 Å². The molecule has 1 saturated carbocycles. The topological polar surface area (TPSA) is 84.2 Å². The van der Waals surface area contributed by atoms with Crippen molar-refractivity contribution >= 4 is 11.8 Å². The molecule has 1 aliphatic rings. The van der Waals surface area contributed by atoms with Crippen LogP contribution in [0, 0.1) is 11.8 Å². The van der Waals surface area contributed by atoms with Crippen molar-refractivity contribution in [2.24, 2.45) is 17.6 Å². The lowest BCUT2D eigenvalue weighted by molar-refractivity contribution is -0.127. The maximum Gasteiger partial charge on any atom is 0.223 e. The normalized spacial score (nSPS) is 24.1. The van der Waals surface area contributed by atoms with Crippen molar-refractivity contribution < 1.29 is 9.59 Å². The average Bonchev–Trinajstić information content (AvgIpc) is 2.38. The second kappa shape index (κ2) is 7.27. The Morgan fingerprint density at radius 3 is 2.65 bits per heavy atom. The lowest BCUT2D eigenvalue weighted by Gasteiger charge is -2.29. The summed E-state index contributed by atoms with van der Waals surface area (Å²) >= 11 is 0. The number of carbonyl (C=O) groups excluding carboxylic acids is 2. The van der Waals surface area contributed by atoms with Gasteiger partial charge < -0.3 is 16.4 Å². The van der Waals surface area contributed by atoms with Gasteiger partial charge in [0.2, 0.25) is 11.8 Å². The maximum absolute atomic E-state index is 11.9. The number of hydrogen-bond donors (Lipinski definition) is 3. The van der Waals surface area contributed by atoms with Crippen LogP contribution in [0.1, 0.15) is 32.1 Å². The van der Waals surface area contributed by atoms with Gasteiger partial charge in [-0.25, -0.2) is 0 Å². The van der Waals surface area contributed by atoms with Gasteiger partial charge in [-0.3, -0.25) is 9.59 Å². The van der Waals surface area contributed by atoms with Gasteiger partial charge in [-0.1, -0.05) is 12.8 Å². The van der Waals surface area contributed by atoms with Gasteiger partial charge in [0.15, 0.2) is 0 Å². The van der Waals surface area contributed by atoms with Crippen LogP contribution in [0.25, 0.3) is 0 Å². The van der Waals surface area contributed by atoms with E-state index in [1.54, 1.807) is 7.05 Å². The Morgan fingerprint density at radius 1 is 1.29 bits per heavy atom. The molecule has 0 radical (unpaired) electrons. The molecule has 1 aliphatic carbocycles. The highest BCUT2D eigenvalue weighted by atomic mass is 16.2. The molecule has 17 heavy (non-hydrogen) atoms. The fourth-order valence-electron chi connectivity index (χ4n) is 2.39. The van der Waals surface area contributed by atoms with Crippen LogP contribution >= 0.6 is 0 Å². The molecular formula is C12H23N3O2. The van der Waals surface area contributed by atoms with Gasteiger partial charge in [0, 0.05) is 25.9 Å². The summed E-state index contributed by atoms with van der Waals surface area (Å²) in [6, 6.07) is 0. The molecule has 0 aliphatic heterocycles. The van der Waals surface area contributed by atoms with Crippen LogP contribution in [0.5, 0.6) is 0 Å². The number of rotatable bonds is 5. The zero-order chi connectivity index (χ0) is 12.7. The summed E-state index contributed by atoms with van der Waals surface area (Å²) in [5.41, 5.74) is 5.69. The van der Waals surface area contributed by atoms with Gasteiger partial charge in [-0.05, 0) is 25.3 Å². The quantitative estimate of drug-likeness (QED) is 0.633. The van der Waals surface area contributed by atoms with Crippen LogP contribution in [-0.2, 0) is 9.59 Å². The first-order valence-corrected chi connectivity index (χ1v) is 6.37. The highest BCUT2D eigenvalue weighted by Crippen LogP contribution is 2.29. The fraction of sp³-hybridized carbons (Fsp3) is 0.833. The van der Waals surface area contributed by atoms with E-state index in [1.807, 2.05) is 0 Å². The van der Waals surface area contributed by atoms with E-state index in [0.717, 1.165) is 19.3 Å². The first-order valence-electron chi connectivity index (χ1n) is 6.37. The predicted molar refractivity (Wildman–Crippen MR) is 66.2 cm³/mol. The monoisotopic (exact) mass is 241 g/mol. The van der Waals surface area contributed by atoms with Crippen molar-refractivity contribution in [1.82, 2.24) is 10.6 Å². The molecular weight excluding hydrogens is 218 g/mol. The Morgan fingerprint density at radius 2 is 2.00 bits per heavy atom. The van der Waals surface area contributed by atoms with Crippen molar-refractivity contribution in [3.05, 3.63) is 0 Å². The summed E-state index contributed by atoms with van der Waals surface area (Å²) in [6.45, 7) is 0.986. The minimum absolute atomic E-state index is 0.0402. The van der Waals surface area contributed by atoms with Crippen molar-refractivity contribution in [2.45, 2.75) is 32.1 Å². The molecule has 2 amide bonds. The van der Waals surface area contributed by atoms with Crippen LogP contribution < -0.4 is 16.4 Å². The lowest BCUT2D eigenvalue weighted by Crippen LogP contribution is -2.40. The highest BCUT2D eigenvalue weighted by Gasteiger charge is 2.29. The van der Waals surface area contributed by atoms with E-state index in [4.69, 9.17) is 5.73 Å². The summed E-state index contributed by atoms with van der Waals surface area (Å²) in [4.78, 5) is 22.9. The first kappa shape index (κ1) is 14.0. The molecule has 0 saturated heterocycles. The molecule has 5 heteroatoms. The summed E-state index contributed by atoms with van der Waals surface area (Å²) in [5, 5.41) is 5.35. The number of amides is 2. The largest absolute Gasteiger partial charge is 0.359 e. The van der Waals surface area contributed by atoms with Crippen LogP contribution in [-0.4, -0.2) is 32.0 Å². The molecule has 0 aromatic rings. The SMILES string of the molecule is CNC(=O)CCNC(=O)C1CCCCC1CN. The molecule has 1 rings (SSSR count). The standard InChI is InChI=1S/C12H23N3O2/c1-14-11(16)6-7-15-12(17)10-5-3-2-4-9(10)8-13/h9-10H,2-8,13H2,1H3,(H,14,16)(H,15,17). The molecule has 1 fully saturated rings. The smallest absolute Gasteiger partial charge is 0.223 e. The third-order valence-corrected chi connectivity index (χ3v) is 3.48. The minimum Gasteiger partial charge on any atom is -0.359 e. The molecule has 0 spiro atoms. The molecule has 98 valence electrons. The summed E-state index contributed by atoms with van der Waals surface area (Å²) in [6.07, 6.45) is 4.58. The zero-order valence-electron chi connectivity index (χ0n) is 10.5. The number of hydrogen-bond acceptors (Lipinski definition) is 3. The molecule has 0 heterocycles. The number of nitrogens with one attached hydrogen (secondary N) is 2. The van der Waals surface area contributed by atoms with E-state index in [-0.39, 0.29) is 17.7 Å². The predicted octanol–water partition coefficient (Wildman–Crippen LogP) is 0.00380. The van der Waals surface area contributed by atoms with Crippen LogP contribution in [0.4, 0.5) is 0 Å². The van der Waals surface area contributed by atoms with E-state index in [0.29, 0.717) is 25.4 Å². The van der Waals surface area contributed by atoms with Gasteiger partial charge >= 0.3 is 0 Å². The molecule has 2 atom stereocenters. The lowest BCUT2D eigenvalue weighted by atomic mass is 9.79. The Labute approximate surface area is 103 Å². The maximum atomic E-state index is 11.9. The summed E-state index contributed by atoms with van der Waals surface area (Å²) < 4.78 is 0. The van der Waals surface area contributed by atoms with Crippen LogP contribution in [0.2, 0.25) is 0 Å². The van der Waals surface area contributed by atoms with Crippen molar-refractivity contribution in [1.29, 1.82) is 0 Å². The second-order valence-corrected chi connectivity index (χ2v) is 4.60. The Balaban J connectivity index is 2.32. The third kappa shape index (κ3) is 4.34. The van der Waals surface area contributed by atoms with Gasteiger partial charge in [-0.2, -0.15) is 0 Å². The molecule has 0 aromatic carbocycles. The molecule has 2 unspecified atom stereocenters. The van der Waals surface area contributed by atoms with E-state index in [2.05, 4.69) is 10.6 Å². The Hall–Kier alpha value is -1.10. The molecule has 5 nitrogen and oxygen atoms in total. The number of nitrogens with two attached hydrogens (primary N) is 1. The van der Waals surface area contributed by atoms with Crippen LogP contribution in [0.3, 0.4) is 0 Å². The van der Waals surface area contributed by atoms with E-state index >= 15 is 0 Å². The van der Waals surface area contributed by atoms with Gasteiger partial charge in [0.25, 0.3) is 0 Å². The summed E-state index contributed by atoms with van der Waals surface area (Å²) in [7, 11) is 1.59. The number of carbonyl (C=O) groups is 2. The van der Waals surface area contributed by atoms with Gasteiger partial charge in [0.05, 0.1) is 0 Å². The van der Waals surface area contributed by atoms with Crippen molar-refractivity contribution in [2.75, 3.05) is 20.1 Å². The zero-order valence-corrected chi connectivity index (χ0v) is 10.5. The van der Waals surface area contributed by atoms with Crippen molar-refractivity contribution in [3.8, 4) is 0 Å². The van der Waals surface area contributed by atoms with E-state index in [1.165, 1.54) is 6.42 Å². The van der Waals surface area contributed by atoms with Gasteiger partial charge in [-0.15, -0.1) is 0 Å². The average molecular weight is 241 g/mol. The molecule has 0 bridgehead atoms. The Kier molecular flexibility index (Phi) is 5.97. The van der Waals surface area contributed by atoms with E-state index < -0.39 is 0 Å². The highest BCUT2D eigenvalue weighted by molar-refractivity contribution is 5.80. The first-order chi connectivity index (χ1) is 8.19. The van der Waals surface area contributed by atoms with Gasteiger partial charge in [0.1, 0.15) is 0 Å². The molecule has 0 aromatic heterocycles. The second-order valence-electron chi connectivity index (χ2n) is 4.60. The van der Waals surface area contributed by atoms with Crippen molar-refractivity contribution in [3.63, 3.8) is 0 Å². The minimum atomic E-state index is -0.0516.